The summed E-state index contributed by atoms with van der Waals surface area (Å²) >= 11 is 0. The number of rotatable bonds is 7. The number of aromatic nitrogens is 1. The summed E-state index contributed by atoms with van der Waals surface area (Å²) in [5, 5.41) is 8.67. The predicted molar refractivity (Wildman–Crippen MR) is 141 cm³/mol. The summed E-state index contributed by atoms with van der Waals surface area (Å²) in [6.45, 7) is 4.27. The highest BCUT2D eigenvalue weighted by Gasteiger charge is 2.37. The van der Waals surface area contributed by atoms with Crippen LogP contribution < -0.4 is 5.56 Å². The van der Waals surface area contributed by atoms with E-state index in [9.17, 15) is 40.4 Å². The maximum absolute atomic E-state index is 14.5. The molecule has 0 radical (unpaired) electrons. The molecule has 0 aliphatic carbocycles. The van der Waals surface area contributed by atoms with Gasteiger partial charge in [-0.1, -0.05) is 19.1 Å². The number of hydrogen-bond donors (Lipinski definition) is 0. The number of nitriles is 1. The fourth-order valence-electron chi connectivity index (χ4n) is 4.25. The number of aryl methyl sites for hydroxylation is 1. The van der Waals surface area contributed by atoms with E-state index < -0.39 is 61.8 Å². The van der Waals surface area contributed by atoms with Gasteiger partial charge in [-0.2, -0.15) is 18.4 Å². The lowest BCUT2D eigenvalue weighted by Gasteiger charge is -2.16. The van der Waals surface area contributed by atoms with Gasteiger partial charge < -0.3 is 4.42 Å². The summed E-state index contributed by atoms with van der Waals surface area (Å²) in [5.74, 6) is -2.17. The van der Waals surface area contributed by atoms with Crippen molar-refractivity contribution in [3.63, 3.8) is 0 Å². The Morgan fingerprint density at radius 1 is 1.02 bits per heavy atom. The van der Waals surface area contributed by atoms with Gasteiger partial charge in [0.1, 0.15) is 23.3 Å². The molecule has 2 heterocycles. The molecule has 0 aliphatic rings. The molecule has 0 spiro atoms. The smallest absolute Gasteiger partial charge is 0.417 e. The molecular formula is C29H23F5N2O4S. The van der Waals surface area contributed by atoms with Crippen LogP contribution in [-0.4, -0.2) is 18.2 Å². The van der Waals surface area contributed by atoms with Crippen molar-refractivity contribution in [2.45, 2.75) is 50.1 Å². The number of pyridine rings is 1. The highest BCUT2D eigenvalue weighted by atomic mass is 32.2. The van der Waals surface area contributed by atoms with Gasteiger partial charge >= 0.3 is 6.18 Å². The average Bonchev–Trinajstić information content (AvgIpc) is 3.40. The van der Waals surface area contributed by atoms with Crippen LogP contribution in [0.5, 0.6) is 0 Å². The highest BCUT2D eigenvalue weighted by Crippen LogP contribution is 2.36. The van der Waals surface area contributed by atoms with Gasteiger partial charge in [-0.3, -0.25) is 9.36 Å². The molecule has 4 rings (SSSR count). The Morgan fingerprint density at radius 2 is 1.73 bits per heavy atom. The molecule has 0 N–H and O–H groups in total. The fraction of sp³-hybridized carbons (Fsp3) is 0.241. The summed E-state index contributed by atoms with van der Waals surface area (Å²) in [6.07, 6.45) is -3.40. The lowest BCUT2D eigenvalue weighted by Crippen LogP contribution is -2.29. The van der Waals surface area contributed by atoms with E-state index in [2.05, 4.69) is 0 Å². The molecule has 12 heteroatoms. The summed E-state index contributed by atoms with van der Waals surface area (Å²) in [5.41, 5.74) is -3.30. The second-order valence-corrected chi connectivity index (χ2v) is 12.1. The Labute approximate surface area is 232 Å². The Morgan fingerprint density at radius 3 is 2.32 bits per heavy atom. The average molecular weight is 591 g/mol. The van der Waals surface area contributed by atoms with Crippen LogP contribution in [0.3, 0.4) is 0 Å². The first-order valence-corrected chi connectivity index (χ1v) is 13.9. The van der Waals surface area contributed by atoms with E-state index >= 15 is 0 Å². The lowest BCUT2D eigenvalue weighted by atomic mass is 10.0. The minimum Gasteiger partial charge on any atom is -0.462 e. The normalized spacial score (nSPS) is 12.1. The molecule has 214 valence electrons. The number of benzene rings is 2. The van der Waals surface area contributed by atoms with Crippen molar-refractivity contribution in [2.75, 3.05) is 0 Å². The third kappa shape index (κ3) is 5.81. The molecule has 0 fully saturated rings. The molecule has 0 saturated heterocycles. The van der Waals surface area contributed by atoms with Crippen molar-refractivity contribution < 1.29 is 34.8 Å². The molecule has 0 aliphatic heterocycles. The molecule has 0 amide bonds. The highest BCUT2D eigenvalue weighted by molar-refractivity contribution is 7.92. The summed E-state index contributed by atoms with van der Waals surface area (Å²) in [4.78, 5) is 13.2. The molecule has 2 aromatic carbocycles. The van der Waals surface area contributed by atoms with E-state index in [0.717, 1.165) is 16.7 Å². The Bertz CT molecular complexity index is 1850. The quantitative estimate of drug-likeness (QED) is 0.222. The largest absolute Gasteiger partial charge is 0.462 e. The summed E-state index contributed by atoms with van der Waals surface area (Å²) < 4.78 is 102. The number of hydrogen-bond acceptors (Lipinski definition) is 5. The molecule has 6 nitrogen and oxygen atoms in total. The van der Waals surface area contributed by atoms with Crippen LogP contribution in [0.4, 0.5) is 22.0 Å². The molecule has 2 aromatic heterocycles. The zero-order valence-electron chi connectivity index (χ0n) is 22.0. The lowest BCUT2D eigenvalue weighted by molar-refractivity contribution is -0.137. The number of nitrogens with zero attached hydrogens (tertiary/aromatic N) is 2. The van der Waals surface area contributed by atoms with Crippen molar-refractivity contribution in [3.8, 4) is 28.7 Å². The third-order valence-corrected chi connectivity index (χ3v) is 8.70. The van der Waals surface area contributed by atoms with E-state index in [1.807, 2.05) is 6.92 Å². The minimum atomic E-state index is -5.08. The second kappa shape index (κ2) is 11.0. The number of alkyl halides is 3. The van der Waals surface area contributed by atoms with Crippen LogP contribution in [0.1, 0.15) is 43.0 Å². The van der Waals surface area contributed by atoms with Crippen molar-refractivity contribution in [2.24, 2.45) is 0 Å². The van der Waals surface area contributed by atoms with E-state index in [-0.39, 0.29) is 16.2 Å². The van der Waals surface area contributed by atoms with Crippen LogP contribution in [0.2, 0.25) is 0 Å². The Kier molecular flexibility index (Phi) is 7.96. The van der Waals surface area contributed by atoms with E-state index in [1.54, 1.807) is 12.1 Å². The monoisotopic (exact) mass is 590 g/mol. The van der Waals surface area contributed by atoms with Crippen LogP contribution in [0.15, 0.2) is 68.9 Å². The van der Waals surface area contributed by atoms with E-state index in [1.165, 1.54) is 38.3 Å². The second-order valence-electron chi connectivity index (χ2n) is 9.57. The van der Waals surface area contributed by atoms with Crippen LogP contribution in [0.25, 0.3) is 22.6 Å². The Balaban J connectivity index is 1.94. The topological polar surface area (TPSA) is 93.1 Å². The molecule has 0 saturated carbocycles. The first kappa shape index (κ1) is 29.7. The minimum absolute atomic E-state index is 0.0611. The SMILES string of the molecule is CCc1cc(-c2coc(-c3cc(C(F)(F)F)c(C#N)c(=O)n3Cc3ccc(F)cc3F)c2)cc(S(=O)(=O)C(C)C)c1. The van der Waals surface area contributed by atoms with Gasteiger partial charge in [0.05, 0.1) is 34.2 Å². The van der Waals surface area contributed by atoms with Gasteiger partial charge in [-0.05, 0) is 61.7 Å². The first-order chi connectivity index (χ1) is 19.2. The maximum Gasteiger partial charge on any atom is 0.417 e. The molecular weight excluding hydrogens is 567 g/mol. The van der Waals surface area contributed by atoms with Gasteiger partial charge in [0.15, 0.2) is 15.6 Å². The zero-order valence-corrected chi connectivity index (χ0v) is 22.8. The molecule has 4 aromatic rings. The van der Waals surface area contributed by atoms with Gasteiger partial charge in [-0.25, -0.2) is 17.2 Å². The predicted octanol–water partition coefficient (Wildman–Crippen LogP) is 6.74. The number of halogens is 5. The number of sulfone groups is 1. The van der Waals surface area contributed by atoms with E-state index in [4.69, 9.17) is 4.42 Å². The Hall–Kier alpha value is -4.24. The summed E-state index contributed by atoms with van der Waals surface area (Å²) in [6, 6.07) is 10.3. The van der Waals surface area contributed by atoms with Crippen molar-refractivity contribution in [3.05, 3.63) is 99.0 Å². The van der Waals surface area contributed by atoms with Crippen molar-refractivity contribution in [1.29, 1.82) is 5.26 Å². The van der Waals surface area contributed by atoms with Gasteiger partial charge in [0.2, 0.25) is 0 Å². The van der Waals surface area contributed by atoms with Gasteiger partial charge in [-0.15, -0.1) is 0 Å². The molecule has 0 bridgehead atoms. The van der Waals surface area contributed by atoms with Crippen molar-refractivity contribution >= 4 is 9.84 Å². The standard InChI is InChI=1S/C29H23F5N2O4S/c1-4-17-7-19(9-22(8-17)41(38,39)16(2)3)20-10-27(40-15-20)26-12-24(29(32,33)34)23(13-35)28(37)36(26)14-18-5-6-21(30)11-25(18)31/h5-12,15-16H,4,14H2,1-3H3. The van der Waals surface area contributed by atoms with Crippen molar-refractivity contribution in [1.82, 2.24) is 4.57 Å². The molecule has 41 heavy (non-hydrogen) atoms. The van der Waals surface area contributed by atoms with E-state index in [0.29, 0.717) is 35.2 Å². The van der Waals surface area contributed by atoms with Crippen LogP contribution >= 0.6 is 0 Å². The molecule has 0 atom stereocenters. The molecule has 0 unspecified atom stereocenters. The van der Waals surface area contributed by atoms with Crippen LogP contribution in [0, 0.1) is 23.0 Å². The summed E-state index contributed by atoms with van der Waals surface area (Å²) in [7, 11) is -3.66. The maximum atomic E-state index is 14.5. The van der Waals surface area contributed by atoms with Gasteiger partial charge in [0, 0.05) is 17.2 Å². The fourth-order valence-corrected chi connectivity index (χ4v) is 5.40. The van der Waals surface area contributed by atoms with Crippen LogP contribution in [-0.2, 0) is 29.0 Å². The van der Waals surface area contributed by atoms with Gasteiger partial charge in [0.25, 0.3) is 5.56 Å². The number of furan rings is 1. The zero-order chi connectivity index (χ0) is 30.3. The third-order valence-electron chi connectivity index (χ3n) is 6.57. The first-order valence-electron chi connectivity index (χ1n) is 12.3.